The molecule has 0 atom stereocenters. The van der Waals surface area contributed by atoms with Gasteiger partial charge in [-0.1, -0.05) is 28.1 Å². The van der Waals surface area contributed by atoms with Crippen LogP contribution in [0.5, 0.6) is 11.5 Å². The Kier molecular flexibility index (Phi) is 3.69. The highest BCUT2D eigenvalue weighted by atomic mass is 79.9. The number of rotatable bonds is 2. The Morgan fingerprint density at radius 1 is 1.04 bits per heavy atom. The maximum Gasteiger partial charge on any atom is 0.265 e. The molecule has 0 unspecified atom stereocenters. The van der Waals surface area contributed by atoms with E-state index >= 15 is 0 Å². The number of imide groups is 1. The number of phenolic OH excluding ortho intramolecular Hbond substituents is 2. The fourth-order valence-electron chi connectivity index (χ4n) is 3.16. The van der Waals surface area contributed by atoms with Gasteiger partial charge in [-0.3, -0.25) is 14.5 Å². The molecule has 1 aliphatic rings. The number of halogens is 1. The molecule has 0 saturated carbocycles. The number of aromatic hydroxyl groups is 2. The highest BCUT2D eigenvalue weighted by molar-refractivity contribution is 9.10. The number of carbonyl (C=O) groups excluding carboxylic acids is 2. The van der Waals surface area contributed by atoms with Crippen molar-refractivity contribution in [2.24, 2.45) is 0 Å². The predicted molar refractivity (Wildman–Crippen MR) is 98.2 cm³/mol. The number of carbonyl (C=O) groups is 2. The van der Waals surface area contributed by atoms with E-state index in [-0.39, 0.29) is 40.1 Å². The lowest BCUT2D eigenvalue weighted by molar-refractivity contribution is 0.0641. The number of pyridine rings is 1. The lowest BCUT2D eigenvalue weighted by Gasteiger charge is -2.14. The van der Waals surface area contributed by atoms with Crippen LogP contribution in [0.1, 0.15) is 32.0 Å². The molecular weight excluding hydrogens is 400 g/mol. The van der Waals surface area contributed by atoms with E-state index in [1.54, 1.807) is 37.3 Å². The van der Waals surface area contributed by atoms with Gasteiger partial charge in [0.1, 0.15) is 16.8 Å². The van der Waals surface area contributed by atoms with Crippen LogP contribution in [0.4, 0.5) is 0 Å². The topological polar surface area (TPSA) is 90.7 Å². The number of amides is 2. The number of aryl methyl sites for hydroxylation is 1. The van der Waals surface area contributed by atoms with Crippen LogP contribution >= 0.6 is 15.9 Å². The van der Waals surface area contributed by atoms with Gasteiger partial charge in [-0.05, 0) is 36.8 Å². The zero-order chi connectivity index (χ0) is 18.6. The lowest BCUT2D eigenvalue weighted by Crippen LogP contribution is -2.29. The third-order valence-electron chi connectivity index (χ3n) is 4.39. The second-order valence-corrected chi connectivity index (χ2v) is 7.04. The van der Waals surface area contributed by atoms with Gasteiger partial charge in [0.05, 0.1) is 12.1 Å². The van der Waals surface area contributed by atoms with Crippen LogP contribution < -0.4 is 0 Å². The molecule has 0 radical (unpaired) electrons. The molecule has 0 fully saturated rings. The maximum atomic E-state index is 12.8. The Morgan fingerprint density at radius 3 is 2.42 bits per heavy atom. The maximum absolute atomic E-state index is 12.8. The van der Waals surface area contributed by atoms with Crippen LogP contribution in [0.15, 0.2) is 40.9 Å². The molecule has 3 aromatic rings. The minimum atomic E-state index is -0.650. The van der Waals surface area contributed by atoms with E-state index in [1.165, 1.54) is 0 Å². The Bertz CT molecular complexity index is 1110. The van der Waals surface area contributed by atoms with Crippen molar-refractivity contribution >= 4 is 38.6 Å². The van der Waals surface area contributed by atoms with Gasteiger partial charge in [0, 0.05) is 15.6 Å². The van der Waals surface area contributed by atoms with Crippen molar-refractivity contribution < 1.29 is 19.8 Å². The van der Waals surface area contributed by atoms with Crippen LogP contribution in [-0.4, -0.2) is 31.9 Å². The molecule has 26 heavy (non-hydrogen) atoms. The lowest BCUT2D eigenvalue weighted by atomic mass is 10.0. The summed E-state index contributed by atoms with van der Waals surface area (Å²) in [6.45, 7) is 1.77. The van der Waals surface area contributed by atoms with Gasteiger partial charge >= 0.3 is 0 Å². The van der Waals surface area contributed by atoms with Gasteiger partial charge in [-0.15, -0.1) is 0 Å². The van der Waals surface area contributed by atoms with E-state index in [1.807, 2.05) is 6.07 Å². The normalized spacial score (nSPS) is 13.5. The van der Waals surface area contributed by atoms with E-state index in [0.717, 1.165) is 14.9 Å². The molecule has 0 bridgehead atoms. The molecule has 0 aliphatic carbocycles. The van der Waals surface area contributed by atoms with Crippen molar-refractivity contribution in [3.8, 4) is 11.5 Å². The van der Waals surface area contributed by atoms with Gasteiger partial charge in [0.15, 0.2) is 5.75 Å². The molecule has 0 saturated heterocycles. The fourth-order valence-corrected chi connectivity index (χ4v) is 3.60. The SMILES string of the molecule is Cc1ccc2c(O)c3c(c(O)c2n1)C(=O)N(Cc1cccc(Br)c1)C3=O. The van der Waals surface area contributed by atoms with Gasteiger partial charge in [0.25, 0.3) is 11.8 Å². The molecule has 2 aromatic carbocycles. The highest BCUT2D eigenvalue weighted by Gasteiger charge is 2.42. The van der Waals surface area contributed by atoms with Crippen LogP contribution in [0.25, 0.3) is 10.9 Å². The summed E-state index contributed by atoms with van der Waals surface area (Å²) < 4.78 is 0.822. The van der Waals surface area contributed by atoms with E-state index in [9.17, 15) is 19.8 Å². The third kappa shape index (κ3) is 2.35. The predicted octanol–water partition coefficient (Wildman–Crippen LogP) is 3.51. The number of hydrogen-bond acceptors (Lipinski definition) is 5. The Labute approximate surface area is 156 Å². The Balaban J connectivity index is 1.87. The summed E-state index contributed by atoms with van der Waals surface area (Å²) in [5.74, 6) is -2.01. The summed E-state index contributed by atoms with van der Waals surface area (Å²) in [7, 11) is 0. The average molecular weight is 413 g/mol. The molecule has 1 aliphatic heterocycles. The zero-order valence-electron chi connectivity index (χ0n) is 13.7. The molecule has 4 rings (SSSR count). The smallest absolute Gasteiger partial charge is 0.265 e. The number of benzene rings is 2. The fraction of sp³-hybridized carbons (Fsp3) is 0.105. The monoisotopic (exact) mass is 412 g/mol. The molecule has 1 aromatic heterocycles. The van der Waals surface area contributed by atoms with Crippen LogP contribution in [0.2, 0.25) is 0 Å². The minimum Gasteiger partial charge on any atom is -0.506 e. The first kappa shape index (κ1) is 16.5. The minimum absolute atomic E-state index is 0.0352. The second kappa shape index (κ2) is 5.81. The first-order valence-electron chi connectivity index (χ1n) is 7.84. The first-order valence-corrected chi connectivity index (χ1v) is 8.63. The van der Waals surface area contributed by atoms with E-state index in [4.69, 9.17) is 0 Å². The highest BCUT2D eigenvalue weighted by Crippen LogP contribution is 2.43. The average Bonchev–Trinajstić information content (AvgIpc) is 2.85. The van der Waals surface area contributed by atoms with Crippen molar-refractivity contribution in [2.75, 3.05) is 0 Å². The first-order chi connectivity index (χ1) is 12.4. The van der Waals surface area contributed by atoms with Gasteiger partial charge in [-0.25, -0.2) is 4.98 Å². The third-order valence-corrected chi connectivity index (χ3v) is 4.88. The van der Waals surface area contributed by atoms with E-state index in [0.29, 0.717) is 5.69 Å². The Morgan fingerprint density at radius 2 is 1.73 bits per heavy atom. The molecule has 2 heterocycles. The molecule has 130 valence electrons. The van der Waals surface area contributed by atoms with Crippen molar-refractivity contribution in [3.05, 3.63) is 63.3 Å². The van der Waals surface area contributed by atoms with Gasteiger partial charge in [-0.2, -0.15) is 0 Å². The molecule has 2 N–H and O–H groups in total. The summed E-state index contributed by atoms with van der Waals surface area (Å²) in [6, 6.07) is 10.5. The van der Waals surface area contributed by atoms with Crippen molar-refractivity contribution in [3.63, 3.8) is 0 Å². The van der Waals surface area contributed by atoms with Gasteiger partial charge in [0.2, 0.25) is 0 Å². The summed E-state index contributed by atoms with van der Waals surface area (Å²) in [5.41, 5.74) is 1.08. The number of fused-ring (bicyclic) bond motifs is 2. The standard InChI is InChI=1S/C19H13BrN2O4/c1-9-5-6-12-15(21-9)17(24)14-13(16(12)23)18(25)22(19(14)26)8-10-3-2-4-11(20)7-10/h2-7,23-24H,8H2,1H3. The number of phenols is 2. The molecule has 6 nitrogen and oxygen atoms in total. The molecule has 2 amide bonds. The summed E-state index contributed by atoms with van der Waals surface area (Å²) >= 11 is 3.35. The van der Waals surface area contributed by atoms with E-state index in [2.05, 4.69) is 20.9 Å². The van der Waals surface area contributed by atoms with E-state index < -0.39 is 11.8 Å². The van der Waals surface area contributed by atoms with Crippen LogP contribution in [-0.2, 0) is 6.54 Å². The number of nitrogens with zero attached hydrogens (tertiary/aromatic N) is 2. The van der Waals surface area contributed by atoms with Crippen LogP contribution in [0.3, 0.4) is 0 Å². The van der Waals surface area contributed by atoms with Gasteiger partial charge < -0.3 is 10.2 Å². The quantitative estimate of drug-likeness (QED) is 0.496. The number of hydrogen-bond donors (Lipinski definition) is 2. The summed E-state index contributed by atoms with van der Waals surface area (Å²) in [6.07, 6.45) is 0. The van der Waals surface area contributed by atoms with Crippen molar-refractivity contribution in [1.82, 2.24) is 9.88 Å². The molecule has 0 spiro atoms. The zero-order valence-corrected chi connectivity index (χ0v) is 15.2. The second-order valence-electron chi connectivity index (χ2n) is 6.12. The van der Waals surface area contributed by atoms with Crippen LogP contribution in [0, 0.1) is 6.92 Å². The summed E-state index contributed by atoms with van der Waals surface area (Å²) in [4.78, 5) is 30.8. The number of aromatic nitrogens is 1. The molecular formula is C19H13BrN2O4. The molecule has 7 heteroatoms. The summed E-state index contributed by atoms with van der Waals surface area (Å²) in [5, 5.41) is 21.3. The van der Waals surface area contributed by atoms with Crippen molar-refractivity contribution in [2.45, 2.75) is 13.5 Å². The van der Waals surface area contributed by atoms with Crippen molar-refractivity contribution in [1.29, 1.82) is 0 Å². The Hall–Kier alpha value is -2.93. The largest absolute Gasteiger partial charge is 0.506 e.